The molecule has 0 aliphatic carbocycles. The topological polar surface area (TPSA) is 105 Å². The third-order valence-corrected chi connectivity index (χ3v) is 7.16. The Morgan fingerprint density at radius 1 is 1.21 bits per heavy atom. The molecular weight excluding hydrogens is 434 g/mol. The van der Waals surface area contributed by atoms with Gasteiger partial charge in [-0.1, -0.05) is 46.1 Å². The second-order valence-electron chi connectivity index (χ2n) is 9.73. The molecule has 4 atom stereocenters. The second kappa shape index (κ2) is 12.4. The lowest BCUT2D eigenvalue weighted by atomic mass is 9.81. The predicted octanol–water partition coefficient (Wildman–Crippen LogP) is 3.30. The smallest absolute Gasteiger partial charge is 0.308 e. The van der Waals surface area contributed by atoms with Crippen LogP contribution in [0.15, 0.2) is 18.2 Å². The Morgan fingerprint density at radius 2 is 1.97 bits per heavy atom. The summed E-state index contributed by atoms with van der Waals surface area (Å²) < 4.78 is 11.0. The number of unbranched alkanes of at least 4 members (excludes halogenated alkanes) is 1. The number of ether oxygens (including phenoxy) is 2. The van der Waals surface area contributed by atoms with Crippen LogP contribution in [0.4, 0.5) is 0 Å². The Bertz CT molecular complexity index is 833. The number of nitrogens with two attached hydrogens (primary N) is 1. The zero-order chi connectivity index (χ0) is 24.7. The van der Waals surface area contributed by atoms with Crippen LogP contribution in [-0.2, 0) is 9.59 Å². The summed E-state index contributed by atoms with van der Waals surface area (Å²) in [6.45, 7) is 8.98. The number of hydrogen-bond acceptors (Lipinski definition) is 6. The Kier molecular flexibility index (Phi) is 9.59. The van der Waals surface area contributed by atoms with Crippen LogP contribution in [0.1, 0.15) is 64.4 Å². The minimum Gasteiger partial charge on any atom is -0.481 e. The molecule has 1 saturated heterocycles. The van der Waals surface area contributed by atoms with Crippen LogP contribution < -0.4 is 15.2 Å². The zero-order valence-electron chi connectivity index (χ0n) is 20.9. The molecule has 1 amide bonds. The molecule has 0 bridgehead atoms. The van der Waals surface area contributed by atoms with E-state index in [9.17, 15) is 14.7 Å². The summed E-state index contributed by atoms with van der Waals surface area (Å²) >= 11 is 0. The molecule has 1 unspecified atom stereocenters. The van der Waals surface area contributed by atoms with Crippen molar-refractivity contribution in [3.05, 3.63) is 23.8 Å². The summed E-state index contributed by atoms with van der Waals surface area (Å²) in [5.41, 5.74) is 6.69. The number of carbonyl (C=O) groups excluding carboxylic acids is 1. The normalized spacial score (nSPS) is 22.6. The summed E-state index contributed by atoms with van der Waals surface area (Å²) in [7, 11) is 0. The van der Waals surface area contributed by atoms with Crippen molar-refractivity contribution < 1.29 is 24.2 Å². The molecule has 3 N–H and O–H groups in total. The number of rotatable bonds is 13. The molecule has 34 heavy (non-hydrogen) atoms. The van der Waals surface area contributed by atoms with Gasteiger partial charge in [0.25, 0.3) is 0 Å². The Labute approximate surface area is 203 Å². The van der Waals surface area contributed by atoms with Gasteiger partial charge in [-0.3, -0.25) is 14.5 Å². The van der Waals surface area contributed by atoms with Crippen molar-refractivity contribution in [2.45, 2.75) is 64.8 Å². The van der Waals surface area contributed by atoms with Gasteiger partial charge in [0.15, 0.2) is 11.5 Å². The maximum atomic E-state index is 13.3. The monoisotopic (exact) mass is 475 g/mol. The maximum absolute atomic E-state index is 13.3. The lowest BCUT2D eigenvalue weighted by Gasteiger charge is -2.31. The fraction of sp³-hybridized carbons (Fsp3) is 0.692. The Balaban J connectivity index is 1.87. The van der Waals surface area contributed by atoms with Crippen molar-refractivity contribution in [2.24, 2.45) is 17.6 Å². The van der Waals surface area contributed by atoms with Crippen molar-refractivity contribution >= 4 is 11.9 Å². The Morgan fingerprint density at radius 3 is 2.65 bits per heavy atom. The van der Waals surface area contributed by atoms with E-state index in [1.807, 2.05) is 23.1 Å². The molecule has 1 aromatic carbocycles. The highest BCUT2D eigenvalue weighted by molar-refractivity contribution is 5.79. The third-order valence-electron chi connectivity index (χ3n) is 7.16. The molecule has 2 heterocycles. The molecule has 2 aliphatic rings. The van der Waals surface area contributed by atoms with Gasteiger partial charge >= 0.3 is 5.97 Å². The number of likely N-dealkylation sites (tertiary alicyclic amines) is 1. The largest absolute Gasteiger partial charge is 0.481 e. The van der Waals surface area contributed by atoms with Gasteiger partial charge in [-0.2, -0.15) is 0 Å². The molecular formula is C26H41N3O5. The third kappa shape index (κ3) is 6.21. The molecule has 1 aromatic rings. The average Bonchev–Trinajstić information content (AvgIpc) is 3.41. The first-order valence-corrected chi connectivity index (χ1v) is 12.7. The molecule has 3 rings (SSSR count). The van der Waals surface area contributed by atoms with Crippen molar-refractivity contribution in [1.29, 1.82) is 0 Å². The van der Waals surface area contributed by atoms with E-state index in [4.69, 9.17) is 15.2 Å². The van der Waals surface area contributed by atoms with E-state index in [0.29, 0.717) is 43.6 Å². The van der Waals surface area contributed by atoms with Gasteiger partial charge in [0.2, 0.25) is 12.7 Å². The number of hydrogen-bond donors (Lipinski definition) is 2. The van der Waals surface area contributed by atoms with E-state index in [0.717, 1.165) is 37.7 Å². The minimum absolute atomic E-state index is 0.0301. The number of benzene rings is 1. The van der Waals surface area contributed by atoms with Crippen LogP contribution in [0.25, 0.3) is 0 Å². The predicted molar refractivity (Wildman–Crippen MR) is 131 cm³/mol. The summed E-state index contributed by atoms with van der Waals surface area (Å²) in [5.74, 6) is 0.120. The molecule has 190 valence electrons. The Hall–Kier alpha value is -2.32. The molecule has 0 radical (unpaired) electrons. The van der Waals surface area contributed by atoms with Crippen LogP contribution in [0, 0.1) is 11.8 Å². The van der Waals surface area contributed by atoms with E-state index in [1.165, 1.54) is 0 Å². The molecule has 8 nitrogen and oxygen atoms in total. The van der Waals surface area contributed by atoms with E-state index in [-0.39, 0.29) is 31.2 Å². The van der Waals surface area contributed by atoms with E-state index < -0.39 is 11.9 Å². The van der Waals surface area contributed by atoms with Gasteiger partial charge in [0.1, 0.15) is 0 Å². The van der Waals surface area contributed by atoms with Gasteiger partial charge in [-0.15, -0.1) is 0 Å². The number of amides is 1. The number of aliphatic carboxylic acids is 1. The zero-order valence-corrected chi connectivity index (χ0v) is 20.9. The SMILES string of the molecule is CCCCN(CCN)C(=O)CN1C[C@H](c2ccc3c(c2)OCO3)[C@@H](C(=O)O)[C@@H]1CC(C)CCC. The number of carboxylic acids is 1. The fourth-order valence-electron chi connectivity index (χ4n) is 5.43. The first kappa shape index (κ1) is 26.3. The van der Waals surface area contributed by atoms with Crippen molar-refractivity contribution in [3.63, 3.8) is 0 Å². The lowest BCUT2D eigenvalue weighted by molar-refractivity contribution is -0.144. The van der Waals surface area contributed by atoms with Crippen molar-refractivity contribution in [2.75, 3.05) is 39.5 Å². The van der Waals surface area contributed by atoms with Gasteiger partial charge in [-0.25, -0.2) is 0 Å². The lowest BCUT2D eigenvalue weighted by Crippen LogP contribution is -2.46. The highest BCUT2D eigenvalue weighted by Gasteiger charge is 2.47. The van der Waals surface area contributed by atoms with Crippen LogP contribution in [-0.4, -0.2) is 72.3 Å². The van der Waals surface area contributed by atoms with Crippen LogP contribution >= 0.6 is 0 Å². The highest BCUT2D eigenvalue weighted by atomic mass is 16.7. The number of carbonyl (C=O) groups is 2. The van der Waals surface area contributed by atoms with Gasteiger partial charge in [0, 0.05) is 38.1 Å². The van der Waals surface area contributed by atoms with E-state index >= 15 is 0 Å². The maximum Gasteiger partial charge on any atom is 0.308 e. The van der Waals surface area contributed by atoms with Crippen molar-refractivity contribution in [3.8, 4) is 11.5 Å². The van der Waals surface area contributed by atoms with Gasteiger partial charge in [-0.05, 0) is 36.5 Å². The molecule has 0 aromatic heterocycles. The number of carboxylic acid groups (broad SMARTS) is 1. The van der Waals surface area contributed by atoms with Crippen molar-refractivity contribution in [1.82, 2.24) is 9.80 Å². The quantitative estimate of drug-likeness (QED) is 0.451. The average molecular weight is 476 g/mol. The molecule has 0 saturated carbocycles. The molecule has 0 spiro atoms. The van der Waals surface area contributed by atoms with E-state index in [1.54, 1.807) is 0 Å². The van der Waals surface area contributed by atoms with Gasteiger partial charge < -0.3 is 25.2 Å². The molecule has 8 heteroatoms. The summed E-state index contributed by atoms with van der Waals surface area (Å²) in [4.78, 5) is 29.8. The molecule has 2 aliphatic heterocycles. The summed E-state index contributed by atoms with van der Waals surface area (Å²) in [6.07, 6.45) is 4.78. The fourth-order valence-corrected chi connectivity index (χ4v) is 5.43. The minimum atomic E-state index is -0.809. The standard InChI is InChI=1S/C26H41N3O5/c1-4-6-11-28(12-10-27)24(30)16-29-15-20(19-8-9-22-23(14-19)34-17-33-22)25(26(31)32)21(29)13-18(3)7-5-2/h8-9,14,18,20-21,25H,4-7,10-13,15-17,27H2,1-3H3,(H,31,32)/t18?,20-,21+,25-/m1/s1. The highest BCUT2D eigenvalue weighted by Crippen LogP contribution is 2.43. The summed E-state index contributed by atoms with van der Waals surface area (Å²) in [5, 5.41) is 10.3. The second-order valence-corrected chi connectivity index (χ2v) is 9.73. The first-order valence-electron chi connectivity index (χ1n) is 12.7. The van der Waals surface area contributed by atoms with Crippen LogP contribution in [0.2, 0.25) is 0 Å². The number of nitrogens with zero attached hydrogens (tertiary/aromatic N) is 2. The molecule has 1 fully saturated rings. The number of fused-ring (bicyclic) bond motifs is 1. The van der Waals surface area contributed by atoms with Crippen LogP contribution in [0.3, 0.4) is 0 Å². The first-order chi connectivity index (χ1) is 16.4. The van der Waals surface area contributed by atoms with E-state index in [2.05, 4.69) is 25.7 Å². The van der Waals surface area contributed by atoms with Gasteiger partial charge in [0.05, 0.1) is 12.5 Å². The summed E-state index contributed by atoms with van der Waals surface area (Å²) in [6, 6.07) is 5.49. The van der Waals surface area contributed by atoms with Crippen LogP contribution in [0.5, 0.6) is 11.5 Å².